The zero-order chi connectivity index (χ0) is 11.4. The fourth-order valence-electron chi connectivity index (χ4n) is 2.05. The Labute approximate surface area is 96.2 Å². The van der Waals surface area contributed by atoms with Gasteiger partial charge in [0.2, 0.25) is 0 Å². The summed E-state index contributed by atoms with van der Waals surface area (Å²) in [5.41, 5.74) is 8.28. The quantitative estimate of drug-likeness (QED) is 0.780. The molecule has 0 aliphatic heterocycles. The summed E-state index contributed by atoms with van der Waals surface area (Å²) < 4.78 is 5.30. The topological polar surface area (TPSA) is 61.0 Å². The van der Waals surface area contributed by atoms with Crippen LogP contribution in [0.2, 0.25) is 0 Å². The van der Waals surface area contributed by atoms with Gasteiger partial charge in [0.1, 0.15) is 5.82 Å². The lowest BCUT2D eigenvalue weighted by molar-refractivity contribution is 0.149. The predicted octanol–water partition coefficient (Wildman–Crippen LogP) is 1.39. The van der Waals surface area contributed by atoms with Crippen LogP contribution in [0.5, 0.6) is 0 Å². The average molecular weight is 221 g/mol. The summed E-state index contributed by atoms with van der Waals surface area (Å²) in [5.74, 6) is 0.876. The van der Waals surface area contributed by atoms with Crippen LogP contribution < -0.4 is 5.73 Å². The second-order valence-corrected chi connectivity index (χ2v) is 4.13. The van der Waals surface area contributed by atoms with Crippen LogP contribution >= 0.6 is 0 Å². The molecule has 1 heterocycles. The Hall–Kier alpha value is -1.00. The third kappa shape index (κ3) is 2.57. The van der Waals surface area contributed by atoms with E-state index in [1.165, 1.54) is 0 Å². The van der Waals surface area contributed by atoms with E-state index in [1.807, 2.05) is 13.1 Å². The Morgan fingerprint density at radius 1 is 1.56 bits per heavy atom. The van der Waals surface area contributed by atoms with Gasteiger partial charge in [0, 0.05) is 36.5 Å². The van der Waals surface area contributed by atoms with E-state index in [-0.39, 0.29) is 6.04 Å². The lowest BCUT2D eigenvalue weighted by Crippen LogP contribution is -2.20. The van der Waals surface area contributed by atoms with Crippen LogP contribution in [0.25, 0.3) is 0 Å². The van der Waals surface area contributed by atoms with E-state index in [4.69, 9.17) is 10.5 Å². The van der Waals surface area contributed by atoms with E-state index in [9.17, 15) is 0 Å². The lowest BCUT2D eigenvalue weighted by atomic mass is 9.93. The number of nitrogens with two attached hydrogens (primary N) is 1. The summed E-state index contributed by atoms with van der Waals surface area (Å²) >= 11 is 0. The summed E-state index contributed by atoms with van der Waals surface area (Å²) in [6.45, 7) is 3.43. The molecule has 1 aromatic heterocycles. The molecule has 0 saturated carbocycles. The number of aromatic nitrogens is 2. The Bertz CT molecular complexity index is 354. The van der Waals surface area contributed by atoms with E-state index in [0.717, 1.165) is 49.4 Å². The molecule has 4 heteroatoms. The largest absolute Gasteiger partial charge is 0.381 e. The highest BCUT2D eigenvalue weighted by atomic mass is 16.5. The van der Waals surface area contributed by atoms with Crippen molar-refractivity contribution in [1.29, 1.82) is 0 Å². The van der Waals surface area contributed by atoms with Crippen molar-refractivity contribution in [2.45, 2.75) is 38.6 Å². The van der Waals surface area contributed by atoms with Gasteiger partial charge in [-0.2, -0.15) is 0 Å². The van der Waals surface area contributed by atoms with Gasteiger partial charge in [-0.1, -0.05) is 0 Å². The number of nitrogens with zero attached hydrogens (tertiary/aromatic N) is 2. The van der Waals surface area contributed by atoms with Crippen LogP contribution in [0.3, 0.4) is 0 Å². The maximum atomic E-state index is 6.01. The van der Waals surface area contributed by atoms with Crippen LogP contribution in [0.15, 0.2) is 6.20 Å². The van der Waals surface area contributed by atoms with Gasteiger partial charge in [-0.15, -0.1) is 0 Å². The molecule has 2 rings (SSSR count). The molecule has 1 aliphatic carbocycles. The first kappa shape index (κ1) is 11.5. The van der Waals surface area contributed by atoms with Gasteiger partial charge < -0.3 is 10.5 Å². The second-order valence-electron chi connectivity index (χ2n) is 4.13. The van der Waals surface area contributed by atoms with E-state index < -0.39 is 0 Å². The molecule has 0 amide bonds. The number of fused-ring (bicyclic) bond motifs is 1. The lowest BCUT2D eigenvalue weighted by Gasteiger charge is -2.20. The smallest absolute Gasteiger partial charge is 0.130 e. The minimum atomic E-state index is 0.129. The van der Waals surface area contributed by atoms with Crippen LogP contribution in [-0.2, 0) is 17.6 Å². The molecule has 4 nitrogen and oxygen atoms in total. The normalized spacial score (nSPS) is 19.5. The summed E-state index contributed by atoms with van der Waals surface area (Å²) in [5, 5.41) is 0. The molecule has 0 saturated heterocycles. The van der Waals surface area contributed by atoms with Crippen molar-refractivity contribution in [2.24, 2.45) is 5.73 Å². The summed E-state index contributed by atoms with van der Waals surface area (Å²) in [7, 11) is 0. The molecule has 1 unspecified atom stereocenters. The zero-order valence-electron chi connectivity index (χ0n) is 9.78. The third-order valence-corrected chi connectivity index (χ3v) is 2.95. The molecular formula is C12H19N3O. The van der Waals surface area contributed by atoms with Gasteiger partial charge in [-0.3, -0.25) is 0 Å². The number of hydrogen-bond donors (Lipinski definition) is 1. The Morgan fingerprint density at radius 2 is 2.44 bits per heavy atom. The van der Waals surface area contributed by atoms with Gasteiger partial charge in [0.05, 0.1) is 6.61 Å². The molecule has 0 aromatic carbocycles. The van der Waals surface area contributed by atoms with Crippen LogP contribution in [-0.4, -0.2) is 23.2 Å². The highest BCUT2D eigenvalue weighted by Gasteiger charge is 2.18. The maximum absolute atomic E-state index is 6.01. The first-order chi connectivity index (χ1) is 7.81. The van der Waals surface area contributed by atoms with E-state index in [0.29, 0.717) is 6.61 Å². The zero-order valence-corrected chi connectivity index (χ0v) is 9.78. The number of hydrogen-bond acceptors (Lipinski definition) is 4. The van der Waals surface area contributed by atoms with E-state index in [2.05, 4.69) is 9.97 Å². The van der Waals surface area contributed by atoms with E-state index in [1.54, 1.807) is 0 Å². The van der Waals surface area contributed by atoms with Gasteiger partial charge in [-0.05, 0) is 26.2 Å². The summed E-state index contributed by atoms with van der Waals surface area (Å²) in [6.07, 6.45) is 5.90. The molecule has 16 heavy (non-hydrogen) atoms. The van der Waals surface area contributed by atoms with Gasteiger partial charge in [-0.25, -0.2) is 9.97 Å². The first-order valence-corrected chi connectivity index (χ1v) is 5.99. The van der Waals surface area contributed by atoms with Crippen LogP contribution in [0.4, 0.5) is 0 Å². The summed E-state index contributed by atoms with van der Waals surface area (Å²) in [6, 6.07) is 0.129. The minimum absolute atomic E-state index is 0.129. The number of ether oxygens (including phenoxy) is 1. The number of aryl methyl sites for hydroxylation is 1. The highest BCUT2D eigenvalue weighted by Crippen LogP contribution is 2.25. The number of rotatable bonds is 4. The molecule has 1 atom stereocenters. The molecule has 1 aliphatic rings. The van der Waals surface area contributed by atoms with Crippen molar-refractivity contribution in [3.05, 3.63) is 23.3 Å². The van der Waals surface area contributed by atoms with Crippen molar-refractivity contribution in [3.8, 4) is 0 Å². The van der Waals surface area contributed by atoms with Gasteiger partial charge in [0.25, 0.3) is 0 Å². The SMILES string of the molecule is CCOCCc1ncc2c(n1)CCCC2N. The Kier molecular flexibility index (Phi) is 3.85. The predicted molar refractivity (Wildman–Crippen MR) is 62.1 cm³/mol. The fourth-order valence-corrected chi connectivity index (χ4v) is 2.05. The minimum Gasteiger partial charge on any atom is -0.381 e. The summed E-state index contributed by atoms with van der Waals surface area (Å²) in [4.78, 5) is 8.91. The van der Waals surface area contributed by atoms with Crippen LogP contribution in [0, 0.1) is 0 Å². The average Bonchev–Trinajstić information content (AvgIpc) is 2.30. The highest BCUT2D eigenvalue weighted by molar-refractivity contribution is 5.24. The molecule has 88 valence electrons. The maximum Gasteiger partial charge on any atom is 0.130 e. The van der Waals surface area contributed by atoms with Crippen molar-refractivity contribution in [1.82, 2.24) is 9.97 Å². The first-order valence-electron chi connectivity index (χ1n) is 5.99. The third-order valence-electron chi connectivity index (χ3n) is 2.95. The van der Waals surface area contributed by atoms with Crippen LogP contribution in [0.1, 0.15) is 42.9 Å². The van der Waals surface area contributed by atoms with Crippen molar-refractivity contribution in [2.75, 3.05) is 13.2 Å². The molecular weight excluding hydrogens is 202 g/mol. The molecule has 0 bridgehead atoms. The van der Waals surface area contributed by atoms with Crippen molar-refractivity contribution >= 4 is 0 Å². The van der Waals surface area contributed by atoms with Gasteiger partial charge >= 0.3 is 0 Å². The Balaban J connectivity index is 2.06. The molecule has 0 radical (unpaired) electrons. The standard InChI is InChI=1S/C12H19N3O/c1-2-16-7-6-12-14-8-9-10(13)4-3-5-11(9)15-12/h8,10H,2-7,13H2,1H3. The van der Waals surface area contributed by atoms with Crippen molar-refractivity contribution in [3.63, 3.8) is 0 Å². The van der Waals surface area contributed by atoms with E-state index >= 15 is 0 Å². The van der Waals surface area contributed by atoms with Crippen molar-refractivity contribution < 1.29 is 4.74 Å². The molecule has 0 spiro atoms. The molecule has 2 N–H and O–H groups in total. The molecule has 1 aromatic rings. The van der Waals surface area contributed by atoms with Gasteiger partial charge in [0.15, 0.2) is 0 Å². The fraction of sp³-hybridized carbons (Fsp3) is 0.667. The molecule has 0 fully saturated rings. The Morgan fingerprint density at radius 3 is 3.25 bits per heavy atom. The monoisotopic (exact) mass is 221 g/mol. The second kappa shape index (κ2) is 5.37.